The number of hydrogen-bond donors (Lipinski definition) is 0. The number of aliphatic imine (C=N–C) groups is 1. The van der Waals surface area contributed by atoms with E-state index in [-0.39, 0.29) is 50.4 Å². The van der Waals surface area contributed by atoms with Gasteiger partial charge < -0.3 is 0 Å². The van der Waals surface area contributed by atoms with E-state index in [4.69, 9.17) is 0 Å². The lowest BCUT2D eigenvalue weighted by Crippen LogP contribution is -2.27. The molecule has 0 unspecified atom stereocenters. The monoisotopic (exact) mass is 411 g/mol. The van der Waals surface area contributed by atoms with Crippen LogP contribution in [0.2, 0.25) is 0 Å². The highest BCUT2D eigenvalue weighted by atomic mass is 19.4. The van der Waals surface area contributed by atoms with Crippen molar-refractivity contribution in [3.8, 4) is 0 Å². The molecule has 29 heavy (non-hydrogen) atoms. The molecule has 1 aromatic heterocycles. The Bertz CT molecular complexity index is 967. The van der Waals surface area contributed by atoms with Gasteiger partial charge in [-0.2, -0.15) is 18.3 Å². The summed E-state index contributed by atoms with van der Waals surface area (Å²) in [5.41, 5.74) is 0.407. The summed E-state index contributed by atoms with van der Waals surface area (Å²) in [6.45, 7) is 0. The van der Waals surface area contributed by atoms with Crippen molar-refractivity contribution in [1.82, 2.24) is 9.78 Å². The Morgan fingerprint density at radius 1 is 1.17 bits per heavy atom. The Balaban J connectivity index is 1.60. The van der Waals surface area contributed by atoms with Crippen molar-refractivity contribution in [2.24, 2.45) is 4.99 Å². The van der Waals surface area contributed by atoms with Gasteiger partial charge in [-0.05, 0) is 24.5 Å². The molecule has 1 aliphatic carbocycles. The minimum absolute atomic E-state index is 0.00230. The zero-order valence-corrected chi connectivity index (χ0v) is 15.3. The molecule has 1 saturated carbocycles. The van der Waals surface area contributed by atoms with Gasteiger partial charge in [0, 0.05) is 25.0 Å². The molecule has 154 valence electrons. The summed E-state index contributed by atoms with van der Waals surface area (Å²) in [5.74, 6) is -2.58. The normalized spacial score (nSPS) is 19.8. The van der Waals surface area contributed by atoms with Crippen LogP contribution in [0.5, 0.6) is 0 Å². The van der Waals surface area contributed by atoms with E-state index in [0.29, 0.717) is 22.7 Å². The molecule has 2 heterocycles. The predicted molar refractivity (Wildman–Crippen MR) is 95.9 cm³/mol. The van der Waals surface area contributed by atoms with Gasteiger partial charge in [0.15, 0.2) is 11.6 Å². The number of aromatic nitrogens is 2. The molecule has 2 aromatic rings. The fourth-order valence-corrected chi connectivity index (χ4v) is 3.87. The largest absolute Gasteiger partial charge is 0.416 e. The van der Waals surface area contributed by atoms with Crippen LogP contribution in [0.15, 0.2) is 35.5 Å². The first-order chi connectivity index (χ1) is 13.6. The molecular weight excluding hydrogens is 393 g/mol. The minimum Gasteiger partial charge on any atom is -0.294 e. The summed E-state index contributed by atoms with van der Waals surface area (Å²) in [5, 5.41) is 4.20. The summed E-state index contributed by atoms with van der Waals surface area (Å²) < 4.78 is 67.2. The number of carbonyl (C=O) groups is 1. The first-order valence-electron chi connectivity index (χ1n) is 9.33. The lowest BCUT2D eigenvalue weighted by Gasteiger charge is -2.29. The van der Waals surface area contributed by atoms with Gasteiger partial charge in [0.05, 0.1) is 29.8 Å². The first kappa shape index (κ1) is 19.7. The quantitative estimate of drug-likeness (QED) is 0.622. The van der Waals surface area contributed by atoms with Crippen molar-refractivity contribution in [1.29, 1.82) is 0 Å². The van der Waals surface area contributed by atoms with Crippen LogP contribution in [0.1, 0.15) is 59.6 Å². The summed E-state index contributed by atoms with van der Waals surface area (Å²) in [4.78, 5) is 17.0. The molecule has 1 aliphatic heterocycles. The van der Waals surface area contributed by atoms with E-state index in [9.17, 15) is 26.7 Å². The highest BCUT2D eigenvalue weighted by Gasteiger charge is 2.37. The summed E-state index contributed by atoms with van der Waals surface area (Å²) >= 11 is 0. The lowest BCUT2D eigenvalue weighted by molar-refractivity contribution is -0.137. The van der Waals surface area contributed by atoms with E-state index >= 15 is 0 Å². The molecule has 0 amide bonds. The predicted octanol–water partition coefficient (Wildman–Crippen LogP) is 5.55. The van der Waals surface area contributed by atoms with E-state index in [2.05, 4.69) is 10.1 Å². The number of hydrogen-bond acceptors (Lipinski definition) is 3. The van der Waals surface area contributed by atoms with Gasteiger partial charge in [-0.15, -0.1) is 0 Å². The van der Waals surface area contributed by atoms with Crippen molar-refractivity contribution in [3.05, 3.63) is 47.2 Å². The number of alkyl halides is 5. The van der Waals surface area contributed by atoms with Crippen LogP contribution >= 0.6 is 0 Å². The molecule has 9 heteroatoms. The SMILES string of the molecule is O=C1CC(Cc2cccc(C(F)(F)F)c2)=Nc2c1cnn2C1CCC(F)(F)CC1. The van der Waals surface area contributed by atoms with Crippen LogP contribution in [-0.2, 0) is 12.6 Å². The molecule has 0 bridgehead atoms. The van der Waals surface area contributed by atoms with E-state index < -0.39 is 17.7 Å². The van der Waals surface area contributed by atoms with Gasteiger partial charge in [-0.25, -0.2) is 18.5 Å². The van der Waals surface area contributed by atoms with Gasteiger partial charge >= 0.3 is 6.18 Å². The Hall–Kier alpha value is -2.58. The molecule has 2 aliphatic rings. The van der Waals surface area contributed by atoms with E-state index in [1.54, 1.807) is 6.07 Å². The fourth-order valence-electron chi connectivity index (χ4n) is 3.87. The summed E-state index contributed by atoms with van der Waals surface area (Å²) in [7, 11) is 0. The summed E-state index contributed by atoms with van der Waals surface area (Å²) in [6.07, 6.45) is -2.99. The van der Waals surface area contributed by atoms with Gasteiger partial charge in [-0.1, -0.05) is 18.2 Å². The number of nitrogens with zero attached hydrogens (tertiary/aromatic N) is 3. The number of carbonyl (C=O) groups excluding carboxylic acids is 1. The standard InChI is InChI=1S/C20H18F5N3O/c21-19(22)6-4-15(5-7-19)28-18-16(11-26-28)17(29)10-14(27-18)9-12-2-1-3-13(8-12)20(23,24)25/h1-3,8,11,15H,4-7,9-10H2. The molecule has 4 nitrogen and oxygen atoms in total. The van der Waals surface area contributed by atoms with E-state index in [1.165, 1.54) is 16.9 Å². The molecule has 0 saturated heterocycles. The van der Waals surface area contributed by atoms with E-state index in [0.717, 1.165) is 12.1 Å². The number of rotatable bonds is 3. The topological polar surface area (TPSA) is 47.2 Å². The Morgan fingerprint density at radius 2 is 1.90 bits per heavy atom. The molecule has 0 spiro atoms. The van der Waals surface area contributed by atoms with Crippen LogP contribution in [0.3, 0.4) is 0 Å². The zero-order valence-electron chi connectivity index (χ0n) is 15.3. The molecule has 0 N–H and O–H groups in total. The van der Waals surface area contributed by atoms with Gasteiger partial charge in [0.25, 0.3) is 0 Å². The second-order valence-electron chi connectivity index (χ2n) is 7.57. The second kappa shape index (κ2) is 7.03. The number of halogens is 5. The molecule has 1 fully saturated rings. The van der Waals surface area contributed by atoms with Crippen LogP contribution in [0.25, 0.3) is 0 Å². The van der Waals surface area contributed by atoms with Crippen molar-refractivity contribution >= 4 is 17.3 Å². The molecule has 4 rings (SSSR count). The Morgan fingerprint density at radius 3 is 2.59 bits per heavy atom. The second-order valence-corrected chi connectivity index (χ2v) is 7.57. The number of ketones is 1. The highest BCUT2D eigenvalue weighted by Crippen LogP contribution is 2.41. The maximum absolute atomic E-state index is 13.4. The van der Waals surface area contributed by atoms with Crippen molar-refractivity contribution < 1.29 is 26.7 Å². The average Bonchev–Trinajstić information content (AvgIpc) is 3.06. The van der Waals surface area contributed by atoms with Crippen LogP contribution in [0, 0.1) is 0 Å². The third-order valence-electron chi connectivity index (χ3n) is 5.39. The lowest BCUT2D eigenvalue weighted by atomic mass is 9.92. The highest BCUT2D eigenvalue weighted by molar-refractivity contribution is 6.15. The van der Waals surface area contributed by atoms with Crippen LogP contribution in [0.4, 0.5) is 27.8 Å². The maximum Gasteiger partial charge on any atom is 0.416 e. The Kier molecular flexibility index (Phi) is 4.78. The molecule has 0 atom stereocenters. The Labute approximate surface area is 163 Å². The first-order valence-corrected chi connectivity index (χ1v) is 9.33. The van der Waals surface area contributed by atoms with Gasteiger partial charge in [0.1, 0.15) is 0 Å². The van der Waals surface area contributed by atoms with Crippen molar-refractivity contribution in [2.45, 2.75) is 56.7 Å². The van der Waals surface area contributed by atoms with Crippen LogP contribution in [-0.4, -0.2) is 27.2 Å². The molecular formula is C20H18F5N3O. The van der Waals surface area contributed by atoms with E-state index in [1.807, 2.05) is 0 Å². The van der Waals surface area contributed by atoms with Crippen LogP contribution < -0.4 is 0 Å². The number of Topliss-reactive ketones (excluding diaryl/α,β-unsaturated/α-hetero) is 1. The molecule has 1 aromatic carbocycles. The summed E-state index contributed by atoms with van der Waals surface area (Å²) in [6, 6.07) is 4.63. The maximum atomic E-state index is 13.4. The zero-order chi connectivity index (χ0) is 20.8. The third-order valence-corrected chi connectivity index (χ3v) is 5.39. The van der Waals surface area contributed by atoms with Gasteiger partial charge in [-0.3, -0.25) is 4.79 Å². The minimum atomic E-state index is -4.45. The van der Waals surface area contributed by atoms with Crippen molar-refractivity contribution in [2.75, 3.05) is 0 Å². The smallest absolute Gasteiger partial charge is 0.294 e. The third kappa shape index (κ3) is 4.09. The number of benzene rings is 1. The fraction of sp³-hybridized carbons (Fsp3) is 0.450. The molecule has 0 radical (unpaired) electrons. The van der Waals surface area contributed by atoms with Crippen molar-refractivity contribution in [3.63, 3.8) is 0 Å². The average molecular weight is 411 g/mol. The number of fused-ring (bicyclic) bond motifs is 1. The van der Waals surface area contributed by atoms with Gasteiger partial charge in [0.2, 0.25) is 5.92 Å².